The van der Waals surface area contributed by atoms with Crippen molar-refractivity contribution in [1.29, 1.82) is 0 Å². The Kier molecular flexibility index (Phi) is 3.92. The number of pyridine rings is 1. The first-order chi connectivity index (χ1) is 9.70. The second-order valence-corrected chi connectivity index (χ2v) is 5.95. The number of carbonyl (C=O) groups excluding carboxylic acids is 1. The first-order valence-electron chi connectivity index (χ1n) is 6.88. The lowest BCUT2D eigenvalue weighted by molar-refractivity contribution is -0.122. The van der Waals surface area contributed by atoms with Gasteiger partial charge in [0.1, 0.15) is 0 Å². The summed E-state index contributed by atoms with van der Waals surface area (Å²) in [5, 5.41) is 6.96. The van der Waals surface area contributed by atoms with Crippen LogP contribution in [0.5, 0.6) is 0 Å². The van der Waals surface area contributed by atoms with Crippen LogP contribution in [0.15, 0.2) is 18.5 Å². The van der Waals surface area contributed by atoms with Gasteiger partial charge in [-0.05, 0) is 24.5 Å². The molecule has 1 unspecified atom stereocenters. The van der Waals surface area contributed by atoms with E-state index >= 15 is 0 Å². The summed E-state index contributed by atoms with van der Waals surface area (Å²) < 4.78 is 5.42. The van der Waals surface area contributed by atoms with Crippen molar-refractivity contribution in [2.45, 2.75) is 25.4 Å². The van der Waals surface area contributed by atoms with Crippen molar-refractivity contribution in [2.75, 3.05) is 19.8 Å². The van der Waals surface area contributed by atoms with Crippen molar-refractivity contribution >= 4 is 17.5 Å². The van der Waals surface area contributed by atoms with Crippen LogP contribution in [0, 0.1) is 5.41 Å². The van der Waals surface area contributed by atoms with Crippen LogP contribution >= 0.6 is 11.6 Å². The lowest BCUT2D eigenvalue weighted by Gasteiger charge is -2.36. The van der Waals surface area contributed by atoms with Crippen LogP contribution in [0.2, 0.25) is 5.02 Å². The number of carbonyl (C=O) groups is 1. The van der Waals surface area contributed by atoms with Crippen LogP contribution < -0.4 is 10.6 Å². The molecule has 0 radical (unpaired) electrons. The first-order valence-corrected chi connectivity index (χ1v) is 7.26. The maximum atomic E-state index is 12.1. The second-order valence-electron chi connectivity index (χ2n) is 5.52. The molecule has 5 nitrogen and oxygen atoms in total. The van der Waals surface area contributed by atoms with Crippen LogP contribution in [-0.4, -0.2) is 36.7 Å². The van der Waals surface area contributed by atoms with Crippen molar-refractivity contribution < 1.29 is 9.53 Å². The van der Waals surface area contributed by atoms with Crippen molar-refractivity contribution in [2.24, 2.45) is 5.41 Å². The molecule has 3 heterocycles. The molecule has 2 fully saturated rings. The fraction of sp³-hybridized carbons (Fsp3) is 0.571. The van der Waals surface area contributed by atoms with Crippen molar-refractivity contribution in [3.63, 3.8) is 0 Å². The van der Waals surface area contributed by atoms with E-state index < -0.39 is 0 Å². The van der Waals surface area contributed by atoms with Gasteiger partial charge in [0.05, 0.1) is 11.1 Å². The highest BCUT2D eigenvalue weighted by molar-refractivity contribution is 6.30. The van der Waals surface area contributed by atoms with E-state index in [1.54, 1.807) is 12.4 Å². The van der Waals surface area contributed by atoms with Crippen LogP contribution in [0.3, 0.4) is 0 Å². The zero-order valence-corrected chi connectivity index (χ0v) is 11.9. The molecular formula is C14H18ClN3O2. The van der Waals surface area contributed by atoms with E-state index in [1.807, 2.05) is 6.07 Å². The molecule has 2 aliphatic rings. The van der Waals surface area contributed by atoms with Crippen LogP contribution in [0.1, 0.15) is 18.4 Å². The summed E-state index contributed by atoms with van der Waals surface area (Å²) in [4.78, 5) is 16.1. The van der Waals surface area contributed by atoms with Crippen molar-refractivity contribution in [3.8, 4) is 0 Å². The number of hydrogen-bond donors (Lipinski definition) is 2. The lowest BCUT2D eigenvalue weighted by atomic mass is 9.76. The molecule has 6 heteroatoms. The van der Waals surface area contributed by atoms with Gasteiger partial charge in [-0.25, -0.2) is 0 Å². The smallest absolute Gasteiger partial charge is 0.237 e. The monoisotopic (exact) mass is 295 g/mol. The number of aromatic nitrogens is 1. The molecule has 1 atom stereocenters. The van der Waals surface area contributed by atoms with Gasteiger partial charge in [0.25, 0.3) is 0 Å². The minimum Gasteiger partial charge on any atom is -0.381 e. The van der Waals surface area contributed by atoms with Gasteiger partial charge < -0.3 is 15.4 Å². The minimum absolute atomic E-state index is 0.0126. The lowest BCUT2D eigenvalue weighted by Crippen LogP contribution is -2.49. The Hall–Kier alpha value is -1.17. The van der Waals surface area contributed by atoms with E-state index in [0.29, 0.717) is 11.6 Å². The third-order valence-corrected chi connectivity index (χ3v) is 4.46. The quantitative estimate of drug-likeness (QED) is 0.877. The van der Waals surface area contributed by atoms with Gasteiger partial charge in [0.2, 0.25) is 5.91 Å². The summed E-state index contributed by atoms with van der Waals surface area (Å²) in [6.45, 7) is 2.78. The number of nitrogens with one attached hydrogen (secondary N) is 2. The van der Waals surface area contributed by atoms with Gasteiger partial charge in [-0.15, -0.1) is 0 Å². The number of ether oxygens (including phenoxy) is 1. The molecular weight excluding hydrogens is 278 g/mol. The van der Waals surface area contributed by atoms with Gasteiger partial charge in [-0.2, -0.15) is 0 Å². The molecule has 108 valence electrons. The molecule has 1 aromatic heterocycles. The SMILES string of the molecule is O=C1NCC2(CCOCC2)C1NCc1cncc(Cl)c1. The average Bonchev–Trinajstić information content (AvgIpc) is 2.74. The molecule has 0 aromatic carbocycles. The predicted molar refractivity (Wildman–Crippen MR) is 75.4 cm³/mol. The van der Waals surface area contributed by atoms with E-state index in [0.717, 1.165) is 38.2 Å². The predicted octanol–water partition coefficient (Wildman–Crippen LogP) is 1.12. The summed E-state index contributed by atoms with van der Waals surface area (Å²) in [5.41, 5.74) is 0.973. The largest absolute Gasteiger partial charge is 0.381 e. The van der Waals surface area contributed by atoms with Gasteiger partial charge in [0.15, 0.2) is 0 Å². The van der Waals surface area contributed by atoms with E-state index in [9.17, 15) is 4.79 Å². The van der Waals surface area contributed by atoms with Gasteiger partial charge >= 0.3 is 0 Å². The summed E-state index contributed by atoms with van der Waals surface area (Å²) in [7, 11) is 0. The highest BCUT2D eigenvalue weighted by atomic mass is 35.5. The van der Waals surface area contributed by atoms with Crippen molar-refractivity contribution in [1.82, 2.24) is 15.6 Å². The summed E-state index contributed by atoms with van der Waals surface area (Å²) in [5.74, 6) is 0.0851. The molecule has 1 aromatic rings. The Balaban J connectivity index is 1.69. The maximum Gasteiger partial charge on any atom is 0.237 e. The highest BCUT2D eigenvalue weighted by Crippen LogP contribution is 2.37. The van der Waals surface area contributed by atoms with E-state index in [2.05, 4.69) is 15.6 Å². The summed E-state index contributed by atoms with van der Waals surface area (Å²) >= 11 is 5.93. The number of nitrogens with zero attached hydrogens (tertiary/aromatic N) is 1. The number of rotatable bonds is 3. The van der Waals surface area contributed by atoms with Gasteiger partial charge in [-0.3, -0.25) is 9.78 Å². The molecule has 2 saturated heterocycles. The molecule has 2 N–H and O–H groups in total. The average molecular weight is 296 g/mol. The fourth-order valence-electron chi connectivity index (χ4n) is 3.07. The maximum absolute atomic E-state index is 12.1. The molecule has 2 aliphatic heterocycles. The van der Waals surface area contributed by atoms with Crippen LogP contribution in [0.25, 0.3) is 0 Å². The van der Waals surface area contributed by atoms with Crippen LogP contribution in [0.4, 0.5) is 0 Å². The molecule has 0 bridgehead atoms. The Morgan fingerprint density at radius 1 is 1.45 bits per heavy atom. The molecule has 20 heavy (non-hydrogen) atoms. The van der Waals surface area contributed by atoms with Crippen molar-refractivity contribution in [3.05, 3.63) is 29.0 Å². The topological polar surface area (TPSA) is 63.2 Å². The molecule has 3 rings (SSSR count). The number of amides is 1. The van der Waals surface area contributed by atoms with E-state index in [1.165, 1.54) is 0 Å². The molecule has 0 aliphatic carbocycles. The summed E-state index contributed by atoms with van der Waals surface area (Å²) in [6, 6.07) is 1.70. The van der Waals surface area contributed by atoms with E-state index in [-0.39, 0.29) is 17.4 Å². The third-order valence-electron chi connectivity index (χ3n) is 4.25. The fourth-order valence-corrected chi connectivity index (χ4v) is 3.27. The van der Waals surface area contributed by atoms with Gasteiger partial charge in [0, 0.05) is 44.1 Å². The molecule has 1 amide bonds. The summed E-state index contributed by atoms with van der Waals surface area (Å²) in [6.07, 6.45) is 5.20. The Morgan fingerprint density at radius 2 is 2.25 bits per heavy atom. The number of hydrogen-bond acceptors (Lipinski definition) is 4. The van der Waals surface area contributed by atoms with E-state index in [4.69, 9.17) is 16.3 Å². The normalized spacial score (nSPS) is 24.9. The number of halogens is 1. The molecule has 1 spiro atoms. The standard InChI is InChI=1S/C14H18ClN3O2/c15-11-5-10(6-16-8-11)7-17-12-13(19)18-9-14(12)1-3-20-4-2-14/h5-6,8,12,17H,1-4,7,9H2,(H,18,19). The Labute approximate surface area is 123 Å². The second kappa shape index (κ2) is 5.68. The van der Waals surface area contributed by atoms with Gasteiger partial charge in [-0.1, -0.05) is 11.6 Å². The zero-order valence-electron chi connectivity index (χ0n) is 11.2. The zero-order chi connectivity index (χ0) is 14.0. The Morgan fingerprint density at radius 3 is 3.00 bits per heavy atom. The van der Waals surface area contributed by atoms with Crippen LogP contribution in [-0.2, 0) is 16.1 Å². The first kappa shape index (κ1) is 13.8. The Bertz CT molecular complexity index is 503. The third kappa shape index (κ3) is 2.66. The highest BCUT2D eigenvalue weighted by Gasteiger charge is 2.48. The molecule has 0 saturated carbocycles. The minimum atomic E-state index is -0.162.